The lowest BCUT2D eigenvalue weighted by atomic mass is 10.0. The SMILES string of the molecule is CCCc1nc(SC)[nH]c(=O)c1Cc1ccc(CC)cc1. The number of nitrogens with zero attached hydrogens (tertiary/aromatic N) is 1. The van der Waals surface area contributed by atoms with Crippen LogP contribution in [0.3, 0.4) is 0 Å². The summed E-state index contributed by atoms with van der Waals surface area (Å²) in [4.78, 5) is 19.8. The molecule has 0 aliphatic heterocycles. The van der Waals surface area contributed by atoms with Crippen molar-refractivity contribution in [3.05, 3.63) is 57.0 Å². The molecule has 0 spiro atoms. The lowest BCUT2D eigenvalue weighted by Gasteiger charge is -2.09. The van der Waals surface area contributed by atoms with Gasteiger partial charge in [-0.2, -0.15) is 0 Å². The summed E-state index contributed by atoms with van der Waals surface area (Å²) in [5, 5.41) is 0.702. The Balaban J connectivity index is 2.35. The summed E-state index contributed by atoms with van der Waals surface area (Å²) in [5.74, 6) is 0. The molecule has 0 fully saturated rings. The van der Waals surface area contributed by atoms with Crippen LogP contribution in [0.2, 0.25) is 0 Å². The molecule has 0 amide bonds. The molecule has 0 saturated carbocycles. The molecule has 1 N–H and O–H groups in total. The minimum Gasteiger partial charge on any atom is -0.301 e. The highest BCUT2D eigenvalue weighted by atomic mass is 32.2. The number of hydrogen-bond acceptors (Lipinski definition) is 3. The highest BCUT2D eigenvalue weighted by Gasteiger charge is 2.11. The zero-order valence-electron chi connectivity index (χ0n) is 12.9. The average molecular weight is 302 g/mol. The largest absolute Gasteiger partial charge is 0.301 e. The van der Waals surface area contributed by atoms with Gasteiger partial charge in [0.1, 0.15) is 0 Å². The van der Waals surface area contributed by atoms with Crippen LogP contribution in [0.4, 0.5) is 0 Å². The van der Waals surface area contributed by atoms with Crippen molar-refractivity contribution in [2.75, 3.05) is 6.26 Å². The Morgan fingerprint density at radius 3 is 2.38 bits per heavy atom. The first kappa shape index (κ1) is 15.8. The molecule has 1 heterocycles. The number of rotatable bonds is 6. The van der Waals surface area contributed by atoms with Gasteiger partial charge in [-0.05, 0) is 30.2 Å². The fourth-order valence-corrected chi connectivity index (χ4v) is 2.74. The van der Waals surface area contributed by atoms with Crippen LogP contribution in [0.25, 0.3) is 0 Å². The van der Waals surface area contributed by atoms with Gasteiger partial charge >= 0.3 is 0 Å². The minimum atomic E-state index is -0.00244. The molecule has 0 unspecified atom stereocenters. The van der Waals surface area contributed by atoms with E-state index in [9.17, 15) is 4.79 Å². The Morgan fingerprint density at radius 2 is 1.81 bits per heavy atom. The molecular weight excluding hydrogens is 280 g/mol. The third-order valence-corrected chi connectivity index (χ3v) is 4.15. The minimum absolute atomic E-state index is 0.00244. The highest BCUT2D eigenvalue weighted by molar-refractivity contribution is 7.98. The maximum Gasteiger partial charge on any atom is 0.255 e. The van der Waals surface area contributed by atoms with Crippen molar-refractivity contribution in [2.24, 2.45) is 0 Å². The van der Waals surface area contributed by atoms with Crippen LogP contribution in [-0.4, -0.2) is 16.2 Å². The van der Waals surface area contributed by atoms with E-state index in [2.05, 4.69) is 48.1 Å². The maximum atomic E-state index is 12.3. The number of benzene rings is 1. The number of aromatic amines is 1. The van der Waals surface area contributed by atoms with E-state index in [4.69, 9.17) is 0 Å². The van der Waals surface area contributed by atoms with Gasteiger partial charge in [0.2, 0.25) is 0 Å². The molecule has 0 aliphatic rings. The second-order valence-electron chi connectivity index (χ2n) is 5.10. The molecule has 2 aromatic rings. The number of thioether (sulfide) groups is 1. The van der Waals surface area contributed by atoms with Crippen molar-refractivity contribution in [2.45, 2.75) is 44.7 Å². The molecule has 1 aromatic carbocycles. The fraction of sp³-hybridized carbons (Fsp3) is 0.412. The molecule has 4 heteroatoms. The number of hydrogen-bond donors (Lipinski definition) is 1. The van der Waals surface area contributed by atoms with E-state index in [-0.39, 0.29) is 5.56 Å². The normalized spacial score (nSPS) is 10.8. The Labute approximate surface area is 130 Å². The van der Waals surface area contributed by atoms with Gasteiger partial charge in [0.25, 0.3) is 5.56 Å². The molecule has 21 heavy (non-hydrogen) atoms. The van der Waals surface area contributed by atoms with E-state index < -0.39 is 0 Å². The Morgan fingerprint density at radius 1 is 1.14 bits per heavy atom. The first-order chi connectivity index (χ1) is 10.2. The van der Waals surface area contributed by atoms with Gasteiger partial charge in [-0.15, -0.1) is 0 Å². The maximum absolute atomic E-state index is 12.3. The number of aryl methyl sites for hydroxylation is 2. The van der Waals surface area contributed by atoms with Crippen LogP contribution >= 0.6 is 11.8 Å². The lowest BCUT2D eigenvalue weighted by molar-refractivity contribution is 0.789. The Bertz CT molecular complexity index is 647. The summed E-state index contributed by atoms with van der Waals surface area (Å²) < 4.78 is 0. The molecule has 3 nitrogen and oxygen atoms in total. The Hall–Kier alpha value is -1.55. The van der Waals surface area contributed by atoms with E-state index >= 15 is 0 Å². The standard InChI is InChI=1S/C17H22N2OS/c1-4-6-15-14(16(20)19-17(18-15)21-3)11-13-9-7-12(5-2)8-10-13/h7-10H,4-6,11H2,1-3H3,(H,18,19,20). The number of H-pyrrole nitrogens is 1. The zero-order chi connectivity index (χ0) is 15.2. The van der Waals surface area contributed by atoms with Crippen LogP contribution in [0.5, 0.6) is 0 Å². The van der Waals surface area contributed by atoms with Crippen LogP contribution < -0.4 is 5.56 Å². The average Bonchev–Trinajstić information content (AvgIpc) is 2.51. The number of nitrogens with one attached hydrogen (secondary N) is 1. The van der Waals surface area contributed by atoms with Crippen molar-refractivity contribution >= 4 is 11.8 Å². The third kappa shape index (κ3) is 3.97. The quantitative estimate of drug-likeness (QED) is 0.655. The van der Waals surface area contributed by atoms with Crippen LogP contribution in [0, 0.1) is 0 Å². The van der Waals surface area contributed by atoms with Gasteiger partial charge < -0.3 is 4.98 Å². The monoisotopic (exact) mass is 302 g/mol. The topological polar surface area (TPSA) is 45.8 Å². The molecule has 0 bridgehead atoms. The molecule has 112 valence electrons. The van der Waals surface area contributed by atoms with Gasteiger partial charge in [-0.1, -0.05) is 56.3 Å². The van der Waals surface area contributed by atoms with Crippen molar-refractivity contribution in [3.63, 3.8) is 0 Å². The van der Waals surface area contributed by atoms with E-state index in [0.29, 0.717) is 11.6 Å². The van der Waals surface area contributed by atoms with Crippen LogP contribution in [0.1, 0.15) is 42.7 Å². The molecular formula is C17H22N2OS. The van der Waals surface area contributed by atoms with Gasteiger partial charge in [0.05, 0.1) is 5.69 Å². The summed E-state index contributed by atoms with van der Waals surface area (Å²) in [5.41, 5.74) is 4.22. The van der Waals surface area contributed by atoms with Gasteiger partial charge in [0, 0.05) is 12.0 Å². The third-order valence-electron chi connectivity index (χ3n) is 3.57. The van der Waals surface area contributed by atoms with E-state index in [1.807, 2.05) is 6.26 Å². The van der Waals surface area contributed by atoms with Crippen molar-refractivity contribution in [1.29, 1.82) is 0 Å². The van der Waals surface area contributed by atoms with Gasteiger partial charge in [-0.3, -0.25) is 4.79 Å². The fourth-order valence-electron chi connectivity index (χ4n) is 2.34. The highest BCUT2D eigenvalue weighted by Crippen LogP contribution is 2.15. The first-order valence-corrected chi connectivity index (χ1v) is 8.64. The molecule has 0 atom stereocenters. The zero-order valence-corrected chi connectivity index (χ0v) is 13.7. The number of aromatic nitrogens is 2. The second kappa shape index (κ2) is 7.46. The van der Waals surface area contributed by atoms with Gasteiger partial charge in [0.15, 0.2) is 5.16 Å². The van der Waals surface area contributed by atoms with Crippen LogP contribution in [0.15, 0.2) is 34.2 Å². The molecule has 0 saturated heterocycles. The smallest absolute Gasteiger partial charge is 0.255 e. The van der Waals surface area contributed by atoms with Crippen molar-refractivity contribution < 1.29 is 0 Å². The second-order valence-corrected chi connectivity index (χ2v) is 5.89. The summed E-state index contributed by atoms with van der Waals surface area (Å²) in [6.07, 6.45) is 5.45. The predicted molar refractivity (Wildman–Crippen MR) is 89.3 cm³/mol. The van der Waals surface area contributed by atoms with Crippen molar-refractivity contribution in [3.8, 4) is 0 Å². The molecule has 0 radical (unpaired) electrons. The summed E-state index contributed by atoms with van der Waals surface area (Å²) in [6, 6.07) is 8.48. The summed E-state index contributed by atoms with van der Waals surface area (Å²) in [7, 11) is 0. The van der Waals surface area contributed by atoms with E-state index in [0.717, 1.165) is 36.1 Å². The molecule has 0 aliphatic carbocycles. The summed E-state index contributed by atoms with van der Waals surface area (Å²) >= 11 is 1.48. The summed E-state index contributed by atoms with van der Waals surface area (Å²) in [6.45, 7) is 4.26. The lowest BCUT2D eigenvalue weighted by Crippen LogP contribution is -2.19. The van der Waals surface area contributed by atoms with Crippen molar-refractivity contribution in [1.82, 2.24) is 9.97 Å². The van der Waals surface area contributed by atoms with E-state index in [1.54, 1.807) is 0 Å². The predicted octanol–water partition coefficient (Wildman–Crippen LogP) is 3.60. The first-order valence-electron chi connectivity index (χ1n) is 7.41. The Kier molecular flexibility index (Phi) is 5.62. The van der Waals surface area contributed by atoms with E-state index in [1.165, 1.54) is 17.3 Å². The van der Waals surface area contributed by atoms with Gasteiger partial charge in [-0.25, -0.2) is 4.98 Å². The molecule has 2 rings (SSSR count). The molecule has 1 aromatic heterocycles. The van der Waals surface area contributed by atoms with Crippen LogP contribution in [-0.2, 0) is 19.3 Å².